The van der Waals surface area contributed by atoms with E-state index in [1.54, 1.807) is 18.2 Å². The van der Waals surface area contributed by atoms with E-state index in [2.05, 4.69) is 5.32 Å². The zero-order valence-corrected chi connectivity index (χ0v) is 18.7. The minimum atomic E-state index is -0.382. The Bertz CT molecular complexity index is 1180. The molecule has 1 N–H and O–H groups in total. The molecule has 3 aromatic rings. The fourth-order valence-electron chi connectivity index (χ4n) is 3.66. The Morgan fingerprint density at radius 2 is 1.69 bits per heavy atom. The van der Waals surface area contributed by atoms with Crippen LogP contribution in [0, 0.1) is 5.82 Å². The highest BCUT2D eigenvalue weighted by molar-refractivity contribution is 7.80. The van der Waals surface area contributed by atoms with E-state index in [4.69, 9.17) is 17.0 Å². The van der Waals surface area contributed by atoms with Gasteiger partial charge in [0.05, 0.1) is 6.04 Å². The highest BCUT2D eigenvalue weighted by atomic mass is 32.1. The van der Waals surface area contributed by atoms with Crippen molar-refractivity contribution < 1.29 is 13.9 Å². The van der Waals surface area contributed by atoms with Crippen LogP contribution in [0.3, 0.4) is 0 Å². The number of rotatable bonds is 6. The van der Waals surface area contributed by atoms with Gasteiger partial charge in [0.1, 0.15) is 18.2 Å². The highest BCUT2D eigenvalue weighted by Gasteiger charge is 2.32. The van der Waals surface area contributed by atoms with Crippen molar-refractivity contribution in [2.75, 3.05) is 7.05 Å². The average molecular weight is 447 g/mol. The van der Waals surface area contributed by atoms with E-state index in [-0.39, 0.29) is 24.2 Å². The lowest BCUT2D eigenvalue weighted by Gasteiger charge is -2.36. The maximum atomic E-state index is 13.8. The zero-order chi connectivity index (χ0) is 22.7. The SMILES string of the molecule is CC1=C(C(=O)c2ccccc2)C(c2ccc(OCc3ccccc3F)cc2)NC(=S)N1C. The summed E-state index contributed by atoms with van der Waals surface area (Å²) in [5.74, 6) is 0.275. The number of hydrogen-bond acceptors (Lipinski definition) is 3. The summed E-state index contributed by atoms with van der Waals surface area (Å²) in [6.07, 6.45) is 0. The molecule has 162 valence electrons. The van der Waals surface area contributed by atoms with Gasteiger partial charge in [0.15, 0.2) is 10.9 Å². The monoisotopic (exact) mass is 446 g/mol. The Balaban J connectivity index is 1.60. The summed E-state index contributed by atoms with van der Waals surface area (Å²) in [4.78, 5) is 15.2. The number of carbonyl (C=O) groups excluding carboxylic acids is 1. The molecule has 0 spiro atoms. The molecule has 32 heavy (non-hydrogen) atoms. The quantitative estimate of drug-likeness (QED) is 0.404. The van der Waals surface area contributed by atoms with E-state index >= 15 is 0 Å². The molecule has 0 bridgehead atoms. The number of ether oxygens (including phenoxy) is 1. The number of halogens is 1. The van der Waals surface area contributed by atoms with Gasteiger partial charge in [-0.15, -0.1) is 0 Å². The molecule has 6 heteroatoms. The second-order valence-corrected chi connectivity index (χ2v) is 7.97. The van der Waals surface area contributed by atoms with Gasteiger partial charge in [0, 0.05) is 29.4 Å². The third-order valence-corrected chi connectivity index (χ3v) is 5.99. The second-order valence-electron chi connectivity index (χ2n) is 7.58. The highest BCUT2D eigenvalue weighted by Crippen LogP contribution is 2.33. The van der Waals surface area contributed by atoms with Crippen molar-refractivity contribution in [1.29, 1.82) is 0 Å². The lowest BCUT2D eigenvalue weighted by atomic mass is 9.89. The molecule has 4 rings (SSSR count). The summed E-state index contributed by atoms with van der Waals surface area (Å²) in [6, 6.07) is 22.8. The largest absolute Gasteiger partial charge is 0.489 e. The molecule has 0 saturated heterocycles. The van der Waals surface area contributed by atoms with Crippen molar-refractivity contribution >= 4 is 23.1 Å². The predicted octanol–water partition coefficient (Wildman–Crippen LogP) is 5.42. The molecule has 0 aliphatic carbocycles. The molecule has 1 unspecified atom stereocenters. The summed E-state index contributed by atoms with van der Waals surface area (Å²) in [5.41, 5.74) is 3.46. The maximum absolute atomic E-state index is 13.8. The van der Waals surface area contributed by atoms with Gasteiger partial charge in [0.25, 0.3) is 0 Å². The number of carbonyl (C=O) groups is 1. The smallest absolute Gasteiger partial charge is 0.193 e. The molecule has 1 aliphatic rings. The maximum Gasteiger partial charge on any atom is 0.193 e. The molecule has 0 amide bonds. The van der Waals surface area contributed by atoms with Gasteiger partial charge in [0.2, 0.25) is 0 Å². The van der Waals surface area contributed by atoms with Crippen LogP contribution in [0.15, 0.2) is 90.1 Å². The van der Waals surface area contributed by atoms with Crippen LogP contribution in [-0.2, 0) is 6.61 Å². The molecular weight excluding hydrogens is 423 g/mol. The number of thiocarbonyl (C=S) groups is 1. The number of Topliss-reactive ketones (excluding diaryl/α,β-unsaturated/α-hetero) is 1. The van der Waals surface area contributed by atoms with Crippen LogP contribution in [-0.4, -0.2) is 22.8 Å². The van der Waals surface area contributed by atoms with Crippen LogP contribution >= 0.6 is 12.2 Å². The first-order valence-electron chi connectivity index (χ1n) is 10.3. The van der Waals surface area contributed by atoms with E-state index in [1.807, 2.05) is 73.5 Å². The van der Waals surface area contributed by atoms with Gasteiger partial charge in [-0.05, 0) is 42.9 Å². The lowest BCUT2D eigenvalue weighted by molar-refractivity contribution is 0.102. The van der Waals surface area contributed by atoms with E-state index < -0.39 is 0 Å². The van der Waals surface area contributed by atoms with Gasteiger partial charge in [-0.3, -0.25) is 4.79 Å². The standard InChI is InChI=1S/C26H23FN2O2S/c1-17-23(25(30)19-8-4-3-5-9-19)24(28-26(32)29(17)2)18-12-14-21(15-13-18)31-16-20-10-6-7-11-22(20)27/h3-15,24H,16H2,1-2H3,(H,28,32). The summed E-state index contributed by atoms with van der Waals surface area (Å²) >= 11 is 5.48. The molecule has 1 atom stereocenters. The summed E-state index contributed by atoms with van der Waals surface area (Å²) in [7, 11) is 1.85. The fraction of sp³-hybridized carbons (Fsp3) is 0.154. The van der Waals surface area contributed by atoms with E-state index in [0.717, 1.165) is 11.3 Å². The summed E-state index contributed by atoms with van der Waals surface area (Å²) < 4.78 is 19.6. The molecule has 1 heterocycles. The lowest BCUT2D eigenvalue weighted by Crippen LogP contribution is -2.45. The minimum absolute atomic E-state index is 0.0465. The van der Waals surface area contributed by atoms with Crippen LogP contribution in [0.1, 0.15) is 34.5 Å². The molecule has 0 saturated carbocycles. The molecule has 0 fully saturated rings. The van der Waals surface area contributed by atoms with Crippen LogP contribution in [0.25, 0.3) is 0 Å². The Morgan fingerprint density at radius 1 is 1.03 bits per heavy atom. The van der Waals surface area contributed by atoms with Crippen molar-refractivity contribution in [3.63, 3.8) is 0 Å². The number of benzene rings is 3. The first-order chi connectivity index (χ1) is 15.5. The first kappa shape index (κ1) is 21.7. The van der Waals surface area contributed by atoms with Gasteiger partial charge in [-0.25, -0.2) is 4.39 Å². The van der Waals surface area contributed by atoms with Gasteiger partial charge in [-0.2, -0.15) is 0 Å². The summed E-state index contributed by atoms with van der Waals surface area (Å²) in [6.45, 7) is 2.04. The zero-order valence-electron chi connectivity index (χ0n) is 17.8. The normalized spacial score (nSPS) is 16.0. The Labute approximate surface area is 192 Å². The van der Waals surface area contributed by atoms with Gasteiger partial charge < -0.3 is 15.0 Å². The van der Waals surface area contributed by atoms with Crippen LogP contribution < -0.4 is 10.1 Å². The third kappa shape index (κ3) is 4.41. The number of ketones is 1. The van der Waals surface area contributed by atoms with Crippen LogP contribution in [0.5, 0.6) is 5.75 Å². The van der Waals surface area contributed by atoms with Gasteiger partial charge in [-0.1, -0.05) is 60.7 Å². The topological polar surface area (TPSA) is 41.6 Å². The van der Waals surface area contributed by atoms with Crippen molar-refractivity contribution in [1.82, 2.24) is 10.2 Å². The third-order valence-electron chi connectivity index (χ3n) is 5.60. The first-order valence-corrected chi connectivity index (χ1v) is 10.7. The van der Waals surface area contributed by atoms with Gasteiger partial charge >= 0.3 is 0 Å². The molecule has 0 aromatic heterocycles. The molecule has 3 aromatic carbocycles. The molecular formula is C26H23FN2O2S. The van der Waals surface area contributed by atoms with Crippen molar-refractivity contribution in [3.8, 4) is 5.75 Å². The van der Waals surface area contributed by atoms with Crippen LogP contribution in [0.4, 0.5) is 4.39 Å². The van der Waals surface area contributed by atoms with E-state index in [0.29, 0.717) is 27.6 Å². The Hall–Kier alpha value is -3.51. The predicted molar refractivity (Wildman–Crippen MR) is 127 cm³/mol. The summed E-state index contributed by atoms with van der Waals surface area (Å²) in [5, 5.41) is 3.84. The number of allylic oxidation sites excluding steroid dienone is 1. The Morgan fingerprint density at radius 3 is 2.38 bits per heavy atom. The van der Waals surface area contributed by atoms with E-state index in [9.17, 15) is 9.18 Å². The van der Waals surface area contributed by atoms with Crippen molar-refractivity contribution in [3.05, 3.63) is 113 Å². The fourth-order valence-corrected chi connectivity index (χ4v) is 3.91. The minimum Gasteiger partial charge on any atom is -0.489 e. The number of nitrogens with zero attached hydrogens (tertiary/aromatic N) is 1. The van der Waals surface area contributed by atoms with E-state index in [1.165, 1.54) is 6.07 Å². The molecule has 1 aliphatic heterocycles. The average Bonchev–Trinajstić information content (AvgIpc) is 2.82. The molecule has 4 nitrogen and oxygen atoms in total. The number of nitrogens with one attached hydrogen (secondary N) is 1. The number of hydrogen-bond donors (Lipinski definition) is 1. The molecule has 0 radical (unpaired) electrons. The van der Waals surface area contributed by atoms with Crippen molar-refractivity contribution in [2.24, 2.45) is 0 Å². The van der Waals surface area contributed by atoms with Crippen molar-refractivity contribution in [2.45, 2.75) is 19.6 Å². The van der Waals surface area contributed by atoms with Crippen LogP contribution in [0.2, 0.25) is 0 Å². The Kier molecular flexibility index (Phi) is 6.32. The second kappa shape index (κ2) is 9.32.